The highest BCUT2D eigenvalue weighted by Crippen LogP contribution is 2.36. The molecule has 198 valence electrons. The van der Waals surface area contributed by atoms with Gasteiger partial charge in [-0.25, -0.2) is 0 Å². The lowest BCUT2D eigenvalue weighted by molar-refractivity contribution is 0.421. The average molecular weight is 511 g/mol. The molecular weight excluding hydrogens is 472 g/mol. The minimum atomic E-state index is 0.270. The van der Waals surface area contributed by atoms with Gasteiger partial charge in [-0.3, -0.25) is 0 Å². The lowest BCUT2D eigenvalue weighted by atomic mass is 9.86. The number of phenolic OH excluding ortho intramolecular Hbond substituents is 3. The monoisotopic (exact) mass is 510 g/mol. The predicted molar refractivity (Wildman–Crippen MR) is 154 cm³/mol. The molecule has 4 N–H and O–H groups in total. The lowest BCUT2D eigenvalue weighted by Gasteiger charge is -2.20. The lowest BCUT2D eigenvalue weighted by Crippen LogP contribution is -2.05. The molecule has 0 saturated carbocycles. The van der Waals surface area contributed by atoms with Crippen molar-refractivity contribution in [3.05, 3.63) is 121 Å². The maximum atomic E-state index is 11.0. The first kappa shape index (κ1) is 27.1. The fourth-order valence-electron chi connectivity index (χ4n) is 5.35. The normalized spacial score (nSPS) is 13.6. The summed E-state index contributed by atoms with van der Waals surface area (Å²) in [5.74, 6) is 1.21. The molecule has 4 nitrogen and oxygen atoms in total. The first-order chi connectivity index (χ1) is 18.0. The third kappa shape index (κ3) is 5.50. The van der Waals surface area contributed by atoms with Crippen molar-refractivity contribution < 1.29 is 20.4 Å². The summed E-state index contributed by atoms with van der Waals surface area (Å²) < 4.78 is 0. The Balaban J connectivity index is 1.71. The van der Waals surface area contributed by atoms with Crippen LogP contribution in [0.2, 0.25) is 0 Å². The number of hydrogen-bond donors (Lipinski definition) is 4. The quantitative estimate of drug-likeness (QED) is 0.273. The van der Waals surface area contributed by atoms with Crippen LogP contribution in [-0.4, -0.2) is 20.4 Å². The van der Waals surface area contributed by atoms with Crippen LogP contribution in [0, 0.1) is 34.6 Å². The molecule has 4 rings (SSSR count). The van der Waals surface area contributed by atoms with Gasteiger partial charge in [-0.2, -0.15) is 0 Å². The number of phenols is 3. The van der Waals surface area contributed by atoms with E-state index in [4.69, 9.17) is 0 Å². The number of aryl methyl sites for hydroxylation is 3. The van der Waals surface area contributed by atoms with Gasteiger partial charge in [0, 0.05) is 24.0 Å². The topological polar surface area (TPSA) is 80.9 Å². The number of aliphatic hydroxyl groups excluding tert-OH is 1. The standard InChI is InChI=1S/C34H38O4/c1-19-12-25(8-7-9-31(19)35)16-29-23(5)27(14-21(3)33(29)37)18-28-15-22(4)34(38)30(24(28)6)17-26-10-11-32(36)20(2)13-26/h8-15,35-38H,7,16-18H2,1-6H3. The highest BCUT2D eigenvalue weighted by molar-refractivity contribution is 5.56. The molecule has 0 atom stereocenters. The molecule has 0 bridgehead atoms. The Morgan fingerprint density at radius 1 is 0.632 bits per heavy atom. The summed E-state index contributed by atoms with van der Waals surface area (Å²) in [5.41, 5.74) is 11.6. The van der Waals surface area contributed by atoms with E-state index in [1.807, 2.05) is 45.9 Å². The maximum absolute atomic E-state index is 11.0. The van der Waals surface area contributed by atoms with Gasteiger partial charge in [-0.15, -0.1) is 0 Å². The molecule has 3 aromatic rings. The van der Waals surface area contributed by atoms with E-state index < -0.39 is 0 Å². The molecule has 1 aliphatic rings. The van der Waals surface area contributed by atoms with E-state index in [0.717, 1.165) is 66.8 Å². The third-order valence-corrected chi connectivity index (χ3v) is 7.87. The Morgan fingerprint density at radius 2 is 1.21 bits per heavy atom. The zero-order valence-electron chi connectivity index (χ0n) is 23.2. The molecule has 1 aliphatic carbocycles. The van der Waals surface area contributed by atoms with Crippen molar-refractivity contribution in [3.8, 4) is 17.2 Å². The summed E-state index contributed by atoms with van der Waals surface area (Å²) in [7, 11) is 0. The van der Waals surface area contributed by atoms with Crippen molar-refractivity contribution in [3.63, 3.8) is 0 Å². The van der Waals surface area contributed by atoms with Crippen molar-refractivity contribution in [1.29, 1.82) is 0 Å². The zero-order valence-corrected chi connectivity index (χ0v) is 23.2. The number of hydrogen-bond acceptors (Lipinski definition) is 4. The van der Waals surface area contributed by atoms with Crippen LogP contribution >= 0.6 is 0 Å². The highest BCUT2D eigenvalue weighted by Gasteiger charge is 2.18. The molecule has 38 heavy (non-hydrogen) atoms. The van der Waals surface area contributed by atoms with Crippen LogP contribution in [0.5, 0.6) is 17.2 Å². The number of benzene rings is 3. The molecule has 0 saturated heterocycles. The van der Waals surface area contributed by atoms with Crippen LogP contribution in [0.15, 0.2) is 65.5 Å². The Bertz CT molecular complexity index is 1500. The molecule has 4 heteroatoms. The molecule has 0 amide bonds. The van der Waals surface area contributed by atoms with Gasteiger partial charge in [0.2, 0.25) is 0 Å². The van der Waals surface area contributed by atoms with E-state index in [1.165, 1.54) is 0 Å². The first-order valence-electron chi connectivity index (χ1n) is 13.1. The van der Waals surface area contributed by atoms with Gasteiger partial charge in [0.05, 0.1) is 0 Å². The van der Waals surface area contributed by atoms with Gasteiger partial charge >= 0.3 is 0 Å². The van der Waals surface area contributed by atoms with E-state index in [0.29, 0.717) is 42.9 Å². The Morgan fingerprint density at radius 3 is 1.79 bits per heavy atom. The van der Waals surface area contributed by atoms with E-state index in [9.17, 15) is 20.4 Å². The molecule has 3 aromatic carbocycles. The zero-order chi connectivity index (χ0) is 27.7. The first-order valence-corrected chi connectivity index (χ1v) is 13.1. The van der Waals surface area contributed by atoms with Gasteiger partial charge < -0.3 is 20.4 Å². The van der Waals surface area contributed by atoms with Gasteiger partial charge in [-0.1, -0.05) is 36.4 Å². The molecule has 0 unspecified atom stereocenters. The van der Waals surface area contributed by atoms with Crippen molar-refractivity contribution in [1.82, 2.24) is 0 Å². The number of aliphatic hydroxyl groups is 1. The largest absolute Gasteiger partial charge is 0.508 e. The van der Waals surface area contributed by atoms with Crippen LogP contribution in [0.1, 0.15) is 69.0 Å². The van der Waals surface area contributed by atoms with E-state index in [1.54, 1.807) is 12.1 Å². The van der Waals surface area contributed by atoms with Crippen molar-refractivity contribution in [2.45, 2.75) is 67.2 Å². The SMILES string of the molecule is CC1=CC(Cc2c(C)c(Cc3cc(C)c(O)c(Cc4ccc(O)c(C)c4)c3C)cc(C)c2O)=CCC=C1O. The molecule has 0 fully saturated rings. The van der Waals surface area contributed by atoms with Crippen molar-refractivity contribution in [2.75, 3.05) is 0 Å². The summed E-state index contributed by atoms with van der Waals surface area (Å²) in [6, 6.07) is 9.69. The maximum Gasteiger partial charge on any atom is 0.122 e. The minimum absolute atomic E-state index is 0.270. The number of aromatic hydroxyl groups is 3. The van der Waals surface area contributed by atoms with Gasteiger partial charge in [-0.05, 0) is 122 Å². The highest BCUT2D eigenvalue weighted by atomic mass is 16.3. The molecule has 0 aromatic heterocycles. The Kier molecular flexibility index (Phi) is 7.73. The third-order valence-electron chi connectivity index (χ3n) is 7.87. The fraction of sp³-hybridized carbons (Fsp3) is 0.294. The second-order valence-electron chi connectivity index (χ2n) is 10.7. The second kappa shape index (κ2) is 10.8. The van der Waals surface area contributed by atoms with E-state index in [2.05, 4.69) is 32.1 Å². The van der Waals surface area contributed by atoms with Crippen LogP contribution < -0.4 is 0 Å². The van der Waals surface area contributed by atoms with E-state index >= 15 is 0 Å². The summed E-state index contributed by atoms with van der Waals surface area (Å²) in [6.45, 7) is 11.8. The summed E-state index contributed by atoms with van der Waals surface area (Å²) in [5, 5.41) is 42.0. The molecular formula is C34H38O4. The van der Waals surface area contributed by atoms with Crippen LogP contribution in [0.4, 0.5) is 0 Å². The van der Waals surface area contributed by atoms with Crippen LogP contribution in [-0.2, 0) is 19.3 Å². The van der Waals surface area contributed by atoms with Crippen molar-refractivity contribution in [2.24, 2.45) is 0 Å². The van der Waals surface area contributed by atoms with Gasteiger partial charge in [0.25, 0.3) is 0 Å². The van der Waals surface area contributed by atoms with Crippen LogP contribution in [0.25, 0.3) is 0 Å². The van der Waals surface area contributed by atoms with Gasteiger partial charge in [0.1, 0.15) is 23.0 Å². The smallest absolute Gasteiger partial charge is 0.122 e. The van der Waals surface area contributed by atoms with E-state index in [-0.39, 0.29) is 5.75 Å². The molecule has 0 aliphatic heterocycles. The number of allylic oxidation sites excluding steroid dienone is 5. The molecule has 0 radical (unpaired) electrons. The summed E-state index contributed by atoms with van der Waals surface area (Å²) in [4.78, 5) is 0. The molecule has 0 spiro atoms. The predicted octanol–water partition coefficient (Wildman–Crippen LogP) is 7.79. The van der Waals surface area contributed by atoms with Crippen LogP contribution in [0.3, 0.4) is 0 Å². The fourth-order valence-corrected chi connectivity index (χ4v) is 5.35. The molecule has 0 heterocycles. The van der Waals surface area contributed by atoms with Gasteiger partial charge in [0.15, 0.2) is 0 Å². The number of rotatable bonds is 6. The Hall–Kier alpha value is -3.92. The summed E-state index contributed by atoms with van der Waals surface area (Å²) in [6.07, 6.45) is 8.40. The minimum Gasteiger partial charge on any atom is -0.508 e. The summed E-state index contributed by atoms with van der Waals surface area (Å²) >= 11 is 0. The van der Waals surface area contributed by atoms with Crippen molar-refractivity contribution >= 4 is 0 Å². The Labute approximate surface area is 225 Å². The average Bonchev–Trinajstić information content (AvgIpc) is 3.03. The second-order valence-corrected chi connectivity index (χ2v) is 10.7.